The van der Waals surface area contributed by atoms with Gasteiger partial charge in [0.05, 0.1) is 17.1 Å². The van der Waals surface area contributed by atoms with Crippen molar-refractivity contribution in [3.63, 3.8) is 0 Å². The van der Waals surface area contributed by atoms with Crippen LogP contribution in [0.3, 0.4) is 0 Å². The maximum absolute atomic E-state index is 12.5. The molecule has 124 valence electrons. The van der Waals surface area contributed by atoms with Gasteiger partial charge in [-0.15, -0.1) is 0 Å². The molecule has 3 rings (SSSR count). The number of amides is 2. The molecule has 3 heterocycles. The normalized spacial score (nSPS) is 11.0. The number of rotatable bonds is 3. The second kappa shape index (κ2) is 6.15. The fourth-order valence-electron chi connectivity index (χ4n) is 2.43. The first-order valence-electron chi connectivity index (χ1n) is 7.56. The zero-order valence-corrected chi connectivity index (χ0v) is 13.6. The van der Waals surface area contributed by atoms with Crippen molar-refractivity contribution < 1.29 is 9.59 Å². The van der Waals surface area contributed by atoms with Crippen LogP contribution in [-0.4, -0.2) is 31.6 Å². The molecule has 0 aliphatic carbocycles. The topological polar surface area (TPSA) is 105 Å². The Morgan fingerprint density at radius 1 is 1.25 bits per heavy atom. The van der Waals surface area contributed by atoms with E-state index in [9.17, 15) is 9.59 Å². The first-order chi connectivity index (χ1) is 11.5. The molecule has 8 nitrogen and oxygen atoms in total. The number of nitrogens with zero attached hydrogens (tertiary/aromatic N) is 3. The van der Waals surface area contributed by atoms with Gasteiger partial charge < -0.3 is 4.98 Å². The molecule has 3 aromatic heterocycles. The van der Waals surface area contributed by atoms with Gasteiger partial charge >= 0.3 is 0 Å². The zero-order chi connectivity index (χ0) is 17.3. The fourth-order valence-corrected chi connectivity index (χ4v) is 2.43. The molecule has 0 aliphatic rings. The van der Waals surface area contributed by atoms with Crippen molar-refractivity contribution in [3.05, 3.63) is 47.5 Å². The molecular weight excluding hydrogens is 308 g/mol. The Bertz CT molecular complexity index is 895. The number of carbonyl (C=O) groups excluding carboxylic acids is 2. The summed E-state index contributed by atoms with van der Waals surface area (Å²) in [6, 6.07) is 5.11. The van der Waals surface area contributed by atoms with Crippen LogP contribution in [0.4, 0.5) is 0 Å². The van der Waals surface area contributed by atoms with Crippen molar-refractivity contribution in [3.8, 4) is 0 Å². The molecule has 3 aromatic rings. The average Bonchev–Trinajstić information content (AvgIpc) is 3.20. The maximum Gasteiger partial charge on any atom is 0.286 e. The number of aromatic amines is 1. The number of hydrogen-bond donors (Lipinski definition) is 3. The monoisotopic (exact) mass is 326 g/mol. The van der Waals surface area contributed by atoms with Crippen molar-refractivity contribution in [2.45, 2.75) is 26.8 Å². The van der Waals surface area contributed by atoms with E-state index in [1.807, 2.05) is 20.8 Å². The maximum atomic E-state index is 12.5. The molecule has 3 N–H and O–H groups in total. The minimum atomic E-state index is -0.423. The van der Waals surface area contributed by atoms with E-state index in [4.69, 9.17) is 0 Å². The van der Waals surface area contributed by atoms with E-state index in [1.165, 1.54) is 0 Å². The average molecular weight is 326 g/mol. The summed E-state index contributed by atoms with van der Waals surface area (Å²) in [5.74, 6) is -0.845. The molecule has 0 bridgehead atoms. The van der Waals surface area contributed by atoms with Crippen LogP contribution in [-0.2, 0) is 0 Å². The van der Waals surface area contributed by atoms with E-state index in [2.05, 4.69) is 25.9 Å². The molecule has 0 saturated heterocycles. The molecule has 0 saturated carbocycles. The minimum absolute atomic E-state index is 0.125. The number of aryl methyl sites for hydroxylation is 1. The number of pyridine rings is 1. The number of carbonyl (C=O) groups is 2. The highest BCUT2D eigenvalue weighted by Gasteiger charge is 2.17. The number of aromatic nitrogens is 4. The second-order valence-electron chi connectivity index (χ2n) is 5.72. The van der Waals surface area contributed by atoms with Crippen LogP contribution in [0.2, 0.25) is 0 Å². The Hall–Kier alpha value is -3.16. The van der Waals surface area contributed by atoms with E-state index >= 15 is 0 Å². The number of nitrogens with one attached hydrogen (secondary N) is 3. The lowest BCUT2D eigenvalue weighted by atomic mass is 10.1. The molecule has 24 heavy (non-hydrogen) atoms. The second-order valence-corrected chi connectivity index (χ2v) is 5.72. The van der Waals surface area contributed by atoms with Gasteiger partial charge in [0.25, 0.3) is 11.8 Å². The Morgan fingerprint density at radius 3 is 2.67 bits per heavy atom. The molecule has 2 amide bonds. The Labute approximate surface area is 138 Å². The standard InChI is InChI=1S/C16H18N6O2/c1-9(2)22-14-12(8-18-22)11(7-10(3)19-14)15(23)20-21-16(24)13-5-4-6-17-13/h4-9,17H,1-3H3,(H,20,23)(H,21,24). The van der Waals surface area contributed by atoms with Gasteiger partial charge in [-0.1, -0.05) is 0 Å². The summed E-state index contributed by atoms with van der Waals surface area (Å²) < 4.78 is 1.76. The number of hydrogen-bond acceptors (Lipinski definition) is 4. The largest absolute Gasteiger partial charge is 0.357 e. The highest BCUT2D eigenvalue weighted by Crippen LogP contribution is 2.20. The van der Waals surface area contributed by atoms with E-state index in [-0.39, 0.29) is 6.04 Å². The van der Waals surface area contributed by atoms with Crippen LogP contribution in [0.1, 0.15) is 46.4 Å². The summed E-state index contributed by atoms with van der Waals surface area (Å²) in [7, 11) is 0. The lowest BCUT2D eigenvalue weighted by Crippen LogP contribution is -2.41. The molecule has 0 aliphatic heterocycles. The van der Waals surface area contributed by atoms with Crippen LogP contribution in [0, 0.1) is 6.92 Å². The van der Waals surface area contributed by atoms with Gasteiger partial charge in [-0.05, 0) is 39.0 Å². The third-order valence-electron chi connectivity index (χ3n) is 3.56. The van der Waals surface area contributed by atoms with Gasteiger partial charge in [-0.3, -0.25) is 20.4 Å². The van der Waals surface area contributed by atoms with Crippen LogP contribution >= 0.6 is 0 Å². The van der Waals surface area contributed by atoms with Gasteiger partial charge in [0, 0.05) is 17.9 Å². The summed E-state index contributed by atoms with van der Waals surface area (Å²) in [4.78, 5) is 31.6. The molecule has 8 heteroatoms. The van der Waals surface area contributed by atoms with Gasteiger partial charge in [-0.2, -0.15) is 5.10 Å². The Balaban J connectivity index is 1.86. The van der Waals surface area contributed by atoms with Gasteiger partial charge in [0.2, 0.25) is 0 Å². The Kier molecular flexibility index (Phi) is 4.03. The lowest BCUT2D eigenvalue weighted by Gasteiger charge is -2.10. The first-order valence-corrected chi connectivity index (χ1v) is 7.56. The predicted molar refractivity (Wildman–Crippen MR) is 88.4 cm³/mol. The molecular formula is C16H18N6O2. The zero-order valence-electron chi connectivity index (χ0n) is 13.6. The number of hydrazine groups is 1. The van der Waals surface area contributed by atoms with Crippen LogP contribution < -0.4 is 10.9 Å². The van der Waals surface area contributed by atoms with Crippen molar-refractivity contribution in [1.29, 1.82) is 0 Å². The quantitative estimate of drug-likeness (QED) is 0.637. The highest BCUT2D eigenvalue weighted by molar-refractivity contribution is 6.06. The fraction of sp³-hybridized carbons (Fsp3) is 0.250. The summed E-state index contributed by atoms with van der Waals surface area (Å²) in [5, 5.41) is 4.94. The number of fused-ring (bicyclic) bond motifs is 1. The van der Waals surface area contributed by atoms with Crippen molar-refractivity contribution >= 4 is 22.8 Å². The summed E-state index contributed by atoms with van der Waals surface area (Å²) in [5.41, 5.74) is 6.92. The molecule has 0 unspecified atom stereocenters. The SMILES string of the molecule is Cc1cc(C(=O)NNC(=O)c2ccc[nH]2)c2cnn(C(C)C)c2n1. The van der Waals surface area contributed by atoms with Crippen LogP contribution in [0.25, 0.3) is 11.0 Å². The lowest BCUT2D eigenvalue weighted by molar-refractivity contribution is 0.0845. The van der Waals surface area contributed by atoms with Crippen LogP contribution in [0.5, 0.6) is 0 Å². The first kappa shape index (κ1) is 15.7. The molecule has 0 radical (unpaired) electrons. The van der Waals surface area contributed by atoms with E-state index < -0.39 is 11.8 Å². The molecule has 0 atom stereocenters. The van der Waals surface area contributed by atoms with E-state index in [1.54, 1.807) is 35.3 Å². The van der Waals surface area contributed by atoms with Crippen molar-refractivity contribution in [2.75, 3.05) is 0 Å². The smallest absolute Gasteiger partial charge is 0.286 e. The molecule has 0 aromatic carbocycles. The van der Waals surface area contributed by atoms with E-state index in [0.29, 0.717) is 28.0 Å². The predicted octanol–water partition coefficient (Wildman–Crippen LogP) is 1.72. The van der Waals surface area contributed by atoms with Gasteiger partial charge in [0.15, 0.2) is 5.65 Å². The third kappa shape index (κ3) is 2.85. The highest BCUT2D eigenvalue weighted by atomic mass is 16.2. The summed E-state index contributed by atoms with van der Waals surface area (Å²) >= 11 is 0. The minimum Gasteiger partial charge on any atom is -0.357 e. The molecule has 0 spiro atoms. The number of H-pyrrole nitrogens is 1. The van der Waals surface area contributed by atoms with Crippen molar-refractivity contribution in [2.24, 2.45) is 0 Å². The molecule has 0 fully saturated rings. The van der Waals surface area contributed by atoms with Gasteiger partial charge in [0.1, 0.15) is 5.69 Å². The Morgan fingerprint density at radius 2 is 2.00 bits per heavy atom. The van der Waals surface area contributed by atoms with Crippen molar-refractivity contribution in [1.82, 2.24) is 30.6 Å². The third-order valence-corrected chi connectivity index (χ3v) is 3.56. The van der Waals surface area contributed by atoms with Crippen LogP contribution in [0.15, 0.2) is 30.6 Å². The van der Waals surface area contributed by atoms with E-state index in [0.717, 1.165) is 0 Å². The van der Waals surface area contributed by atoms with Gasteiger partial charge in [-0.25, -0.2) is 9.67 Å². The summed E-state index contributed by atoms with van der Waals surface area (Å²) in [6.07, 6.45) is 3.25. The summed E-state index contributed by atoms with van der Waals surface area (Å²) in [6.45, 7) is 5.80.